The Morgan fingerprint density at radius 3 is 2.68 bits per heavy atom. The molecule has 0 unspecified atom stereocenters. The van der Waals surface area contributed by atoms with E-state index in [4.69, 9.17) is 5.73 Å². The number of fused-ring (bicyclic) bond motifs is 1. The number of hydrogen-bond acceptors (Lipinski definition) is 1. The van der Waals surface area contributed by atoms with Gasteiger partial charge in [-0.2, -0.15) is 0 Å². The molecule has 3 N–H and O–H groups in total. The van der Waals surface area contributed by atoms with E-state index in [1.165, 1.54) is 54.1 Å². The highest BCUT2D eigenvalue weighted by atomic mass is 14.7. The summed E-state index contributed by atoms with van der Waals surface area (Å²) in [5.41, 5.74) is 10.6. The summed E-state index contributed by atoms with van der Waals surface area (Å²) >= 11 is 0. The molecule has 2 heteroatoms. The van der Waals surface area contributed by atoms with Gasteiger partial charge in [0.25, 0.3) is 0 Å². The van der Waals surface area contributed by atoms with Gasteiger partial charge < -0.3 is 10.7 Å². The van der Waals surface area contributed by atoms with E-state index >= 15 is 0 Å². The SMILES string of the molecule is CCc1cccc2c(C3(CN)CCCCC3)c[nH]c12. The second kappa shape index (κ2) is 5.01. The molecule has 1 heterocycles. The van der Waals surface area contributed by atoms with Gasteiger partial charge in [0.15, 0.2) is 0 Å². The first kappa shape index (κ1) is 12.7. The number of hydrogen-bond donors (Lipinski definition) is 2. The van der Waals surface area contributed by atoms with E-state index in [0.29, 0.717) is 0 Å². The number of aromatic nitrogens is 1. The highest BCUT2D eigenvalue weighted by Gasteiger charge is 2.34. The van der Waals surface area contributed by atoms with Gasteiger partial charge >= 0.3 is 0 Å². The van der Waals surface area contributed by atoms with Gasteiger partial charge in [-0.1, -0.05) is 44.4 Å². The van der Waals surface area contributed by atoms with Gasteiger partial charge in [0.2, 0.25) is 0 Å². The fourth-order valence-corrected chi connectivity index (χ4v) is 3.76. The maximum Gasteiger partial charge on any atom is 0.0489 e. The Kier molecular flexibility index (Phi) is 3.36. The van der Waals surface area contributed by atoms with Crippen molar-refractivity contribution in [3.05, 3.63) is 35.5 Å². The molecule has 1 saturated carbocycles. The summed E-state index contributed by atoms with van der Waals surface area (Å²) in [7, 11) is 0. The first-order chi connectivity index (χ1) is 9.30. The molecule has 0 saturated heterocycles. The molecule has 1 aromatic carbocycles. The summed E-state index contributed by atoms with van der Waals surface area (Å²) in [5.74, 6) is 0. The van der Waals surface area contributed by atoms with E-state index in [2.05, 4.69) is 36.3 Å². The van der Waals surface area contributed by atoms with E-state index in [0.717, 1.165) is 13.0 Å². The summed E-state index contributed by atoms with van der Waals surface area (Å²) in [6, 6.07) is 6.66. The quantitative estimate of drug-likeness (QED) is 0.859. The highest BCUT2D eigenvalue weighted by molar-refractivity contribution is 5.87. The number of benzene rings is 1. The molecular formula is C17H24N2. The highest BCUT2D eigenvalue weighted by Crippen LogP contribution is 2.42. The zero-order valence-electron chi connectivity index (χ0n) is 11.8. The van der Waals surface area contributed by atoms with E-state index in [9.17, 15) is 0 Å². The number of aryl methyl sites for hydroxylation is 1. The maximum absolute atomic E-state index is 6.18. The van der Waals surface area contributed by atoms with Gasteiger partial charge in [0.05, 0.1) is 0 Å². The third-order valence-corrected chi connectivity index (χ3v) is 4.96. The molecule has 0 spiro atoms. The largest absolute Gasteiger partial charge is 0.361 e. The van der Waals surface area contributed by atoms with Gasteiger partial charge in [0, 0.05) is 29.1 Å². The molecule has 0 atom stereocenters. The minimum Gasteiger partial charge on any atom is -0.361 e. The molecule has 0 aliphatic heterocycles. The Morgan fingerprint density at radius 2 is 2.00 bits per heavy atom. The van der Waals surface area contributed by atoms with Crippen molar-refractivity contribution in [2.24, 2.45) is 5.73 Å². The molecule has 3 rings (SSSR count). The molecule has 19 heavy (non-hydrogen) atoms. The molecule has 2 nitrogen and oxygen atoms in total. The fraction of sp³-hybridized carbons (Fsp3) is 0.529. The monoisotopic (exact) mass is 256 g/mol. The predicted molar refractivity (Wildman–Crippen MR) is 81.5 cm³/mol. The molecule has 1 aliphatic carbocycles. The van der Waals surface area contributed by atoms with E-state index < -0.39 is 0 Å². The van der Waals surface area contributed by atoms with Crippen LogP contribution in [0.15, 0.2) is 24.4 Å². The predicted octanol–water partition coefficient (Wildman–Crippen LogP) is 3.89. The lowest BCUT2D eigenvalue weighted by Gasteiger charge is -2.36. The van der Waals surface area contributed by atoms with Crippen LogP contribution < -0.4 is 5.73 Å². The van der Waals surface area contributed by atoms with Crippen molar-refractivity contribution in [3.63, 3.8) is 0 Å². The summed E-state index contributed by atoms with van der Waals surface area (Å²) in [4.78, 5) is 3.51. The van der Waals surface area contributed by atoms with Crippen LogP contribution in [0.2, 0.25) is 0 Å². The minimum atomic E-state index is 0.211. The van der Waals surface area contributed by atoms with Crippen LogP contribution in [-0.2, 0) is 11.8 Å². The van der Waals surface area contributed by atoms with Gasteiger partial charge in [-0.05, 0) is 30.4 Å². The zero-order chi connectivity index (χ0) is 13.3. The second-order valence-corrected chi connectivity index (χ2v) is 5.94. The Morgan fingerprint density at radius 1 is 1.21 bits per heavy atom. The first-order valence-electron chi connectivity index (χ1n) is 7.60. The number of rotatable bonds is 3. The van der Waals surface area contributed by atoms with Gasteiger partial charge in [0.1, 0.15) is 0 Å². The van der Waals surface area contributed by atoms with Crippen molar-refractivity contribution in [1.29, 1.82) is 0 Å². The molecule has 0 bridgehead atoms. The lowest BCUT2D eigenvalue weighted by atomic mass is 9.69. The van der Waals surface area contributed by atoms with Crippen LogP contribution in [0.3, 0.4) is 0 Å². The Labute approximate surface area is 115 Å². The van der Waals surface area contributed by atoms with Crippen molar-refractivity contribution in [2.45, 2.75) is 50.9 Å². The van der Waals surface area contributed by atoms with Crippen molar-refractivity contribution < 1.29 is 0 Å². The van der Waals surface area contributed by atoms with Crippen LogP contribution >= 0.6 is 0 Å². The van der Waals surface area contributed by atoms with Crippen molar-refractivity contribution in [1.82, 2.24) is 4.98 Å². The second-order valence-electron chi connectivity index (χ2n) is 5.94. The number of H-pyrrole nitrogens is 1. The minimum absolute atomic E-state index is 0.211. The summed E-state index contributed by atoms with van der Waals surface area (Å²) in [6.07, 6.45) is 9.79. The fourth-order valence-electron chi connectivity index (χ4n) is 3.76. The van der Waals surface area contributed by atoms with Crippen molar-refractivity contribution in [2.75, 3.05) is 6.54 Å². The number of aromatic amines is 1. The van der Waals surface area contributed by atoms with Gasteiger partial charge in [-0.3, -0.25) is 0 Å². The molecule has 1 aliphatic rings. The summed E-state index contributed by atoms with van der Waals surface area (Å²) in [5, 5.41) is 1.40. The van der Waals surface area contributed by atoms with E-state index in [1.54, 1.807) is 0 Å². The molecule has 0 radical (unpaired) electrons. The lowest BCUT2D eigenvalue weighted by Crippen LogP contribution is -2.36. The van der Waals surface area contributed by atoms with Crippen LogP contribution in [0.25, 0.3) is 10.9 Å². The van der Waals surface area contributed by atoms with Gasteiger partial charge in [-0.15, -0.1) is 0 Å². The number of nitrogens with two attached hydrogens (primary N) is 1. The number of nitrogens with one attached hydrogen (secondary N) is 1. The van der Waals surface area contributed by atoms with Crippen LogP contribution in [0.1, 0.15) is 50.2 Å². The molecule has 0 amide bonds. The molecular weight excluding hydrogens is 232 g/mol. The molecule has 102 valence electrons. The molecule has 1 aromatic heterocycles. The zero-order valence-corrected chi connectivity index (χ0v) is 11.8. The van der Waals surface area contributed by atoms with Crippen molar-refractivity contribution >= 4 is 10.9 Å². The smallest absolute Gasteiger partial charge is 0.0489 e. The molecule has 1 fully saturated rings. The van der Waals surface area contributed by atoms with Crippen LogP contribution in [0.5, 0.6) is 0 Å². The van der Waals surface area contributed by atoms with E-state index in [-0.39, 0.29) is 5.41 Å². The standard InChI is InChI=1S/C17H24N2/c1-2-13-7-6-8-14-15(11-19-16(13)14)17(12-18)9-4-3-5-10-17/h6-8,11,19H,2-5,9-10,12,18H2,1H3. The third kappa shape index (κ3) is 1.99. The third-order valence-electron chi connectivity index (χ3n) is 4.96. The van der Waals surface area contributed by atoms with Crippen LogP contribution in [-0.4, -0.2) is 11.5 Å². The maximum atomic E-state index is 6.18. The lowest BCUT2D eigenvalue weighted by molar-refractivity contribution is 0.303. The summed E-state index contributed by atoms with van der Waals surface area (Å²) in [6.45, 7) is 2.99. The Hall–Kier alpha value is -1.28. The normalized spacial score (nSPS) is 18.8. The van der Waals surface area contributed by atoms with Gasteiger partial charge in [-0.25, -0.2) is 0 Å². The topological polar surface area (TPSA) is 41.8 Å². The average molecular weight is 256 g/mol. The van der Waals surface area contributed by atoms with E-state index in [1.807, 2.05) is 0 Å². The van der Waals surface area contributed by atoms with Crippen LogP contribution in [0.4, 0.5) is 0 Å². The average Bonchev–Trinajstić information content (AvgIpc) is 2.92. The Bertz CT molecular complexity index is 562. The summed E-state index contributed by atoms with van der Waals surface area (Å²) < 4.78 is 0. The van der Waals surface area contributed by atoms with Crippen molar-refractivity contribution in [3.8, 4) is 0 Å². The molecule has 2 aromatic rings. The number of para-hydroxylation sites is 1. The first-order valence-corrected chi connectivity index (χ1v) is 7.60. The Balaban J connectivity index is 2.14. The van der Waals surface area contributed by atoms with Crippen LogP contribution in [0, 0.1) is 0 Å².